The van der Waals surface area contributed by atoms with Crippen LogP contribution in [0.15, 0.2) is 9.59 Å². The van der Waals surface area contributed by atoms with Crippen LogP contribution in [-0.4, -0.2) is 31.0 Å². The predicted molar refractivity (Wildman–Crippen MR) is 62.5 cm³/mol. The van der Waals surface area contributed by atoms with Crippen LogP contribution in [0.1, 0.15) is 25.1 Å². The number of fused-ring (bicyclic) bond motifs is 1. The lowest BCUT2D eigenvalue weighted by Gasteiger charge is -1.94. The van der Waals surface area contributed by atoms with Gasteiger partial charge in [-0.2, -0.15) is 0 Å². The van der Waals surface area contributed by atoms with Gasteiger partial charge in [0.25, 0.3) is 5.56 Å². The standard InChI is InChI=1S/C10H12N4O4/c15-6(16)4-2-1-3-5-11-7-8(12-5)13-10(18)14-9(7)17/h1-4H2,(H,15,16)(H3,11,12,13,14,17,18). The summed E-state index contributed by atoms with van der Waals surface area (Å²) < 4.78 is 0. The van der Waals surface area contributed by atoms with Crippen LogP contribution in [0.25, 0.3) is 11.2 Å². The molecule has 4 N–H and O–H groups in total. The van der Waals surface area contributed by atoms with Gasteiger partial charge in [0.05, 0.1) is 0 Å². The largest absolute Gasteiger partial charge is 0.481 e. The zero-order valence-electron chi connectivity index (χ0n) is 9.45. The van der Waals surface area contributed by atoms with E-state index in [9.17, 15) is 14.4 Å². The molecule has 96 valence electrons. The van der Waals surface area contributed by atoms with Crippen LogP contribution in [-0.2, 0) is 11.2 Å². The topological polar surface area (TPSA) is 132 Å². The summed E-state index contributed by atoms with van der Waals surface area (Å²) >= 11 is 0. The smallest absolute Gasteiger partial charge is 0.327 e. The number of H-pyrrole nitrogens is 3. The molecule has 2 aromatic heterocycles. The third kappa shape index (κ3) is 2.65. The molecular formula is C10H12N4O4. The van der Waals surface area contributed by atoms with Gasteiger partial charge in [0, 0.05) is 12.8 Å². The third-order valence-corrected chi connectivity index (χ3v) is 2.49. The molecule has 8 nitrogen and oxygen atoms in total. The number of aryl methyl sites for hydroxylation is 1. The van der Waals surface area contributed by atoms with Crippen molar-refractivity contribution in [2.24, 2.45) is 0 Å². The summed E-state index contributed by atoms with van der Waals surface area (Å²) in [6.45, 7) is 0. The number of carboxylic acid groups (broad SMARTS) is 1. The monoisotopic (exact) mass is 252 g/mol. The molecule has 0 aliphatic carbocycles. The van der Waals surface area contributed by atoms with Crippen LogP contribution in [0.4, 0.5) is 0 Å². The number of aromatic amines is 3. The Labute approximate surface area is 100 Å². The molecule has 2 rings (SSSR count). The summed E-state index contributed by atoms with van der Waals surface area (Å²) in [5.41, 5.74) is -0.672. The maximum Gasteiger partial charge on any atom is 0.327 e. The first kappa shape index (κ1) is 12.1. The number of carboxylic acids is 1. The number of unbranched alkanes of at least 4 members (excludes halogenated alkanes) is 1. The van der Waals surface area contributed by atoms with Gasteiger partial charge in [-0.1, -0.05) is 0 Å². The van der Waals surface area contributed by atoms with E-state index < -0.39 is 17.2 Å². The SMILES string of the molecule is O=C(O)CCCCc1nc2[nH]c(=O)[nH]c(=O)c2[nH]1. The number of imidazole rings is 1. The molecule has 0 saturated carbocycles. The summed E-state index contributed by atoms with van der Waals surface area (Å²) in [6, 6.07) is 0. The normalized spacial score (nSPS) is 10.9. The van der Waals surface area contributed by atoms with Gasteiger partial charge in [-0.25, -0.2) is 9.78 Å². The number of aromatic nitrogens is 4. The number of aliphatic carboxylic acids is 1. The van der Waals surface area contributed by atoms with Crippen molar-refractivity contribution in [1.29, 1.82) is 0 Å². The van der Waals surface area contributed by atoms with Gasteiger partial charge in [-0.15, -0.1) is 0 Å². The number of hydrogen-bond donors (Lipinski definition) is 4. The fourth-order valence-corrected chi connectivity index (χ4v) is 1.67. The van der Waals surface area contributed by atoms with E-state index in [1.165, 1.54) is 0 Å². The number of carbonyl (C=O) groups is 1. The van der Waals surface area contributed by atoms with Crippen LogP contribution in [0.2, 0.25) is 0 Å². The minimum Gasteiger partial charge on any atom is -0.481 e. The minimum atomic E-state index is -0.833. The number of hydrogen-bond acceptors (Lipinski definition) is 4. The Hall–Kier alpha value is -2.38. The first-order valence-electron chi connectivity index (χ1n) is 5.49. The minimum absolute atomic E-state index is 0.109. The van der Waals surface area contributed by atoms with E-state index in [-0.39, 0.29) is 17.6 Å². The van der Waals surface area contributed by atoms with Gasteiger partial charge in [-0.3, -0.25) is 19.6 Å². The van der Waals surface area contributed by atoms with Crippen molar-refractivity contribution in [1.82, 2.24) is 19.9 Å². The Morgan fingerprint density at radius 3 is 2.67 bits per heavy atom. The molecule has 0 amide bonds. The maximum absolute atomic E-state index is 11.4. The Morgan fingerprint density at radius 1 is 1.17 bits per heavy atom. The van der Waals surface area contributed by atoms with E-state index in [4.69, 9.17) is 5.11 Å². The lowest BCUT2D eigenvalue weighted by Crippen LogP contribution is -2.21. The summed E-state index contributed by atoms with van der Waals surface area (Å²) in [6.07, 6.45) is 1.83. The first-order valence-corrected chi connectivity index (χ1v) is 5.49. The Morgan fingerprint density at radius 2 is 1.94 bits per heavy atom. The van der Waals surface area contributed by atoms with E-state index in [1.807, 2.05) is 0 Å². The summed E-state index contributed by atoms with van der Waals surface area (Å²) in [7, 11) is 0. The van der Waals surface area contributed by atoms with Crippen LogP contribution >= 0.6 is 0 Å². The fraction of sp³-hybridized carbons (Fsp3) is 0.400. The van der Waals surface area contributed by atoms with E-state index >= 15 is 0 Å². The lowest BCUT2D eigenvalue weighted by atomic mass is 10.2. The quantitative estimate of drug-likeness (QED) is 0.544. The Balaban J connectivity index is 2.11. The summed E-state index contributed by atoms with van der Waals surface area (Å²) in [4.78, 5) is 44.1. The van der Waals surface area contributed by atoms with E-state index in [0.29, 0.717) is 25.1 Å². The van der Waals surface area contributed by atoms with E-state index in [2.05, 4.69) is 19.9 Å². The highest BCUT2D eigenvalue weighted by atomic mass is 16.4. The molecule has 0 atom stereocenters. The molecule has 0 fully saturated rings. The van der Waals surface area contributed by atoms with Crippen molar-refractivity contribution in [3.8, 4) is 0 Å². The molecule has 0 saturated heterocycles. The summed E-state index contributed by atoms with van der Waals surface area (Å²) in [5, 5.41) is 8.48. The first-order chi connectivity index (χ1) is 8.56. The van der Waals surface area contributed by atoms with Crippen LogP contribution < -0.4 is 11.2 Å². The Kier molecular flexibility index (Phi) is 3.26. The van der Waals surface area contributed by atoms with Gasteiger partial charge in [0.1, 0.15) is 11.3 Å². The van der Waals surface area contributed by atoms with Crippen LogP contribution in [0.3, 0.4) is 0 Å². The van der Waals surface area contributed by atoms with Gasteiger partial charge >= 0.3 is 11.7 Å². The van der Waals surface area contributed by atoms with Crippen molar-refractivity contribution < 1.29 is 9.90 Å². The molecule has 0 spiro atoms. The van der Waals surface area contributed by atoms with Gasteiger partial charge in [0.2, 0.25) is 0 Å². The molecule has 2 aromatic rings. The average molecular weight is 252 g/mol. The molecule has 0 aliphatic heterocycles. The highest BCUT2D eigenvalue weighted by molar-refractivity contribution is 5.68. The number of nitrogens with zero attached hydrogens (tertiary/aromatic N) is 1. The van der Waals surface area contributed by atoms with Crippen LogP contribution in [0, 0.1) is 0 Å². The Bertz CT molecular complexity index is 681. The molecule has 18 heavy (non-hydrogen) atoms. The van der Waals surface area contributed by atoms with Gasteiger partial charge < -0.3 is 10.1 Å². The fourth-order valence-electron chi connectivity index (χ4n) is 1.67. The van der Waals surface area contributed by atoms with Gasteiger partial charge in [0.15, 0.2) is 5.65 Å². The van der Waals surface area contributed by atoms with Gasteiger partial charge in [-0.05, 0) is 12.8 Å². The highest BCUT2D eigenvalue weighted by Crippen LogP contribution is 2.06. The molecule has 0 aliphatic rings. The van der Waals surface area contributed by atoms with Crippen LogP contribution in [0.5, 0.6) is 0 Å². The second-order valence-corrected chi connectivity index (χ2v) is 3.92. The molecule has 0 aromatic carbocycles. The van der Waals surface area contributed by atoms with Crippen molar-refractivity contribution in [3.63, 3.8) is 0 Å². The zero-order chi connectivity index (χ0) is 13.1. The second-order valence-electron chi connectivity index (χ2n) is 3.92. The van der Waals surface area contributed by atoms with Crippen molar-refractivity contribution >= 4 is 17.1 Å². The molecule has 0 bridgehead atoms. The number of nitrogens with one attached hydrogen (secondary N) is 3. The zero-order valence-corrected chi connectivity index (χ0v) is 9.45. The summed E-state index contributed by atoms with van der Waals surface area (Å²) in [5.74, 6) is -0.275. The predicted octanol–water partition coefficient (Wildman–Crippen LogP) is -0.263. The molecular weight excluding hydrogens is 240 g/mol. The molecule has 0 radical (unpaired) electrons. The number of rotatable bonds is 5. The van der Waals surface area contributed by atoms with E-state index in [0.717, 1.165) is 0 Å². The van der Waals surface area contributed by atoms with Crippen molar-refractivity contribution in [3.05, 3.63) is 26.7 Å². The average Bonchev–Trinajstić information content (AvgIpc) is 2.67. The highest BCUT2D eigenvalue weighted by Gasteiger charge is 2.07. The molecule has 8 heteroatoms. The third-order valence-electron chi connectivity index (χ3n) is 2.49. The van der Waals surface area contributed by atoms with Crippen molar-refractivity contribution in [2.75, 3.05) is 0 Å². The lowest BCUT2D eigenvalue weighted by molar-refractivity contribution is -0.137. The molecule has 2 heterocycles. The maximum atomic E-state index is 11.4. The molecule has 0 unspecified atom stereocenters. The van der Waals surface area contributed by atoms with Crippen molar-refractivity contribution in [2.45, 2.75) is 25.7 Å². The second kappa shape index (κ2) is 4.86. The van der Waals surface area contributed by atoms with E-state index in [1.54, 1.807) is 0 Å².